The van der Waals surface area contributed by atoms with Crippen LogP contribution in [0.3, 0.4) is 0 Å². The number of halogens is 5. The van der Waals surface area contributed by atoms with E-state index in [-0.39, 0.29) is 11.4 Å². The molecule has 3 nitrogen and oxygen atoms in total. The number of nitrogens with one attached hydrogen (secondary N) is 1. The topological polar surface area (TPSA) is 42.0 Å². The minimum absolute atomic E-state index is 0.0246. The predicted octanol–water partition coefficient (Wildman–Crippen LogP) is 4.88. The number of pyridine rings is 1. The number of carbonyl (C=O) groups excluding carboxylic acids is 1. The normalized spacial score (nSPS) is 11.3. The van der Waals surface area contributed by atoms with E-state index in [0.717, 1.165) is 12.1 Å². The molecular formula is C13H7Br2F3N2O. The van der Waals surface area contributed by atoms with Crippen LogP contribution in [0.4, 0.5) is 18.9 Å². The van der Waals surface area contributed by atoms with Crippen LogP contribution < -0.4 is 5.32 Å². The Kier molecular flexibility index (Phi) is 4.67. The molecule has 0 spiro atoms. The lowest BCUT2D eigenvalue weighted by Gasteiger charge is -2.11. The van der Waals surface area contributed by atoms with Crippen LogP contribution in [0.2, 0.25) is 0 Å². The minimum atomic E-state index is -4.48. The Hall–Kier alpha value is -1.41. The number of benzene rings is 1. The number of carbonyl (C=O) groups is 1. The largest absolute Gasteiger partial charge is 0.416 e. The summed E-state index contributed by atoms with van der Waals surface area (Å²) in [6.07, 6.45) is -4.48. The maximum absolute atomic E-state index is 12.7. The molecule has 0 saturated heterocycles. The summed E-state index contributed by atoms with van der Waals surface area (Å²) in [7, 11) is 0. The fourth-order valence-corrected chi connectivity index (χ4v) is 2.21. The van der Waals surface area contributed by atoms with Gasteiger partial charge < -0.3 is 5.32 Å². The van der Waals surface area contributed by atoms with Gasteiger partial charge in [-0.3, -0.25) is 4.79 Å². The molecule has 110 valence electrons. The molecule has 0 bridgehead atoms. The Bertz CT molecular complexity index is 689. The van der Waals surface area contributed by atoms with E-state index in [9.17, 15) is 18.0 Å². The third-order valence-electron chi connectivity index (χ3n) is 2.49. The van der Waals surface area contributed by atoms with Crippen LogP contribution in [0.1, 0.15) is 16.1 Å². The summed E-state index contributed by atoms with van der Waals surface area (Å²) in [5, 5.41) is 2.40. The molecule has 0 aliphatic rings. The van der Waals surface area contributed by atoms with Gasteiger partial charge in [-0.1, -0.05) is 6.07 Å². The van der Waals surface area contributed by atoms with E-state index in [1.807, 2.05) is 0 Å². The highest BCUT2D eigenvalue weighted by molar-refractivity contribution is 9.10. The standard InChI is InChI=1S/C13H7Br2F3N2O/c14-8-5-4-7(13(16,17)18)6-10(8)20-12(21)9-2-1-3-11(15)19-9/h1-6H,(H,20,21). The average molecular weight is 424 g/mol. The monoisotopic (exact) mass is 422 g/mol. The third-order valence-corrected chi connectivity index (χ3v) is 3.62. The molecule has 2 rings (SSSR count). The van der Waals surface area contributed by atoms with E-state index in [4.69, 9.17) is 0 Å². The zero-order valence-electron chi connectivity index (χ0n) is 10.2. The highest BCUT2D eigenvalue weighted by atomic mass is 79.9. The van der Waals surface area contributed by atoms with Gasteiger partial charge in [-0.2, -0.15) is 13.2 Å². The Labute approximate surface area is 134 Å². The summed E-state index contributed by atoms with van der Waals surface area (Å²) in [6.45, 7) is 0. The first-order valence-corrected chi connectivity index (χ1v) is 7.16. The fraction of sp³-hybridized carbons (Fsp3) is 0.0769. The van der Waals surface area contributed by atoms with Gasteiger partial charge in [0.1, 0.15) is 10.3 Å². The Morgan fingerprint density at radius 1 is 1.14 bits per heavy atom. The molecule has 1 aromatic heterocycles. The van der Waals surface area contributed by atoms with Crippen LogP contribution in [0.25, 0.3) is 0 Å². The molecule has 0 radical (unpaired) electrons. The van der Waals surface area contributed by atoms with Crippen LogP contribution >= 0.6 is 31.9 Å². The summed E-state index contributed by atoms with van der Waals surface area (Å²) in [5.74, 6) is -0.601. The number of amides is 1. The van der Waals surface area contributed by atoms with Gasteiger partial charge >= 0.3 is 6.18 Å². The molecule has 1 amide bonds. The maximum Gasteiger partial charge on any atom is 0.416 e. The van der Waals surface area contributed by atoms with Gasteiger partial charge in [0.25, 0.3) is 5.91 Å². The van der Waals surface area contributed by atoms with Crippen molar-refractivity contribution in [2.24, 2.45) is 0 Å². The van der Waals surface area contributed by atoms with E-state index in [1.54, 1.807) is 12.1 Å². The molecule has 0 atom stereocenters. The number of aromatic nitrogens is 1. The molecule has 0 saturated carbocycles. The second-order valence-electron chi connectivity index (χ2n) is 3.99. The Morgan fingerprint density at radius 3 is 2.48 bits per heavy atom. The van der Waals surface area contributed by atoms with Crippen LogP contribution in [0.5, 0.6) is 0 Å². The highest BCUT2D eigenvalue weighted by Crippen LogP contribution is 2.34. The zero-order chi connectivity index (χ0) is 15.6. The fourth-order valence-electron chi connectivity index (χ4n) is 1.52. The van der Waals surface area contributed by atoms with Gasteiger partial charge in [0.05, 0.1) is 11.3 Å². The molecule has 0 aliphatic heterocycles. The first kappa shape index (κ1) is 16.0. The number of hydrogen-bond donors (Lipinski definition) is 1. The lowest BCUT2D eigenvalue weighted by Crippen LogP contribution is -2.15. The van der Waals surface area contributed by atoms with Gasteiger partial charge in [0.2, 0.25) is 0 Å². The molecule has 2 aromatic rings. The zero-order valence-corrected chi connectivity index (χ0v) is 13.4. The smallest absolute Gasteiger partial charge is 0.320 e. The molecule has 0 unspecified atom stereocenters. The molecule has 21 heavy (non-hydrogen) atoms. The first-order valence-electron chi connectivity index (χ1n) is 5.58. The number of alkyl halides is 3. The van der Waals surface area contributed by atoms with Crippen molar-refractivity contribution in [1.29, 1.82) is 0 Å². The molecule has 1 aromatic carbocycles. The van der Waals surface area contributed by atoms with Crippen molar-refractivity contribution < 1.29 is 18.0 Å². The number of anilines is 1. The summed E-state index contributed by atoms with van der Waals surface area (Å²) < 4.78 is 38.8. The average Bonchev–Trinajstić information content (AvgIpc) is 2.40. The second kappa shape index (κ2) is 6.15. The van der Waals surface area contributed by atoms with Crippen molar-refractivity contribution in [3.05, 3.63) is 56.7 Å². The molecule has 0 fully saturated rings. The van der Waals surface area contributed by atoms with Crippen molar-refractivity contribution in [3.63, 3.8) is 0 Å². The Morgan fingerprint density at radius 2 is 1.86 bits per heavy atom. The van der Waals surface area contributed by atoms with E-state index in [2.05, 4.69) is 42.2 Å². The van der Waals surface area contributed by atoms with Gasteiger partial charge in [0, 0.05) is 4.47 Å². The minimum Gasteiger partial charge on any atom is -0.320 e. The number of nitrogens with zero attached hydrogens (tertiary/aromatic N) is 1. The molecular weight excluding hydrogens is 417 g/mol. The molecule has 8 heteroatoms. The van der Waals surface area contributed by atoms with Crippen molar-refractivity contribution >= 4 is 43.5 Å². The summed E-state index contributed by atoms with van der Waals surface area (Å²) in [6, 6.07) is 7.72. The summed E-state index contributed by atoms with van der Waals surface area (Å²) in [5.41, 5.74) is -0.728. The second-order valence-corrected chi connectivity index (χ2v) is 5.66. The van der Waals surface area contributed by atoms with Crippen molar-refractivity contribution in [2.75, 3.05) is 5.32 Å². The van der Waals surface area contributed by atoms with Crippen molar-refractivity contribution in [1.82, 2.24) is 4.98 Å². The van der Waals surface area contributed by atoms with Crippen LogP contribution in [0.15, 0.2) is 45.5 Å². The van der Waals surface area contributed by atoms with Crippen molar-refractivity contribution in [3.8, 4) is 0 Å². The SMILES string of the molecule is O=C(Nc1cc(C(F)(F)F)ccc1Br)c1cccc(Br)n1. The van der Waals surface area contributed by atoms with E-state index in [0.29, 0.717) is 9.08 Å². The van der Waals surface area contributed by atoms with Crippen molar-refractivity contribution in [2.45, 2.75) is 6.18 Å². The van der Waals surface area contributed by atoms with E-state index >= 15 is 0 Å². The molecule has 0 aliphatic carbocycles. The quantitative estimate of drug-likeness (QED) is 0.699. The third kappa shape index (κ3) is 4.04. The van der Waals surface area contributed by atoms with Gasteiger partial charge in [0.15, 0.2) is 0 Å². The molecule has 1 heterocycles. The molecule has 1 N–H and O–H groups in total. The number of rotatable bonds is 2. The van der Waals surface area contributed by atoms with Gasteiger partial charge in [-0.25, -0.2) is 4.98 Å². The Balaban J connectivity index is 2.29. The van der Waals surface area contributed by atoms with Gasteiger partial charge in [-0.05, 0) is 62.2 Å². The first-order chi connectivity index (χ1) is 9.77. The summed E-state index contributed by atoms with van der Waals surface area (Å²) >= 11 is 6.22. The van der Waals surface area contributed by atoms with Crippen LogP contribution in [0, 0.1) is 0 Å². The summed E-state index contributed by atoms with van der Waals surface area (Å²) in [4.78, 5) is 15.9. The lowest BCUT2D eigenvalue weighted by atomic mass is 10.2. The van der Waals surface area contributed by atoms with E-state index < -0.39 is 17.6 Å². The number of hydrogen-bond acceptors (Lipinski definition) is 2. The van der Waals surface area contributed by atoms with Crippen LogP contribution in [-0.2, 0) is 6.18 Å². The van der Waals surface area contributed by atoms with E-state index in [1.165, 1.54) is 12.1 Å². The highest BCUT2D eigenvalue weighted by Gasteiger charge is 2.31. The van der Waals surface area contributed by atoms with Crippen LogP contribution in [-0.4, -0.2) is 10.9 Å². The predicted molar refractivity (Wildman–Crippen MR) is 79.0 cm³/mol. The maximum atomic E-state index is 12.7. The lowest BCUT2D eigenvalue weighted by molar-refractivity contribution is -0.137. The van der Waals surface area contributed by atoms with Gasteiger partial charge in [-0.15, -0.1) is 0 Å².